The second kappa shape index (κ2) is 8.48. The molecule has 0 bridgehead atoms. The molecule has 5 heteroatoms. The molecule has 0 aromatic carbocycles. The van der Waals surface area contributed by atoms with Crippen LogP contribution in [0.25, 0.3) is 0 Å². The number of nitrogens with zero attached hydrogens (tertiary/aromatic N) is 1. The van der Waals surface area contributed by atoms with Crippen molar-refractivity contribution in [3.05, 3.63) is 24.3 Å². The number of rotatable bonds is 8. The summed E-state index contributed by atoms with van der Waals surface area (Å²) in [7, 11) is 4.08. The highest BCUT2D eigenvalue weighted by Crippen LogP contribution is 1.97. The molecule has 0 saturated heterocycles. The fourth-order valence-corrected chi connectivity index (χ4v) is 1.44. The van der Waals surface area contributed by atoms with Crippen LogP contribution in [0.2, 0.25) is 0 Å². The number of carbonyl (C=O) groups is 2. The highest BCUT2D eigenvalue weighted by Gasteiger charge is 2.15. The molecule has 19 heavy (non-hydrogen) atoms. The summed E-state index contributed by atoms with van der Waals surface area (Å²) in [6.45, 7) is 9.13. The molecule has 0 aliphatic heterocycles. The Morgan fingerprint density at radius 2 is 1.89 bits per heavy atom. The molecule has 0 fully saturated rings. The van der Waals surface area contributed by atoms with Crippen LogP contribution >= 0.6 is 0 Å². The van der Waals surface area contributed by atoms with Gasteiger partial charge in [-0.15, -0.1) is 0 Å². The normalized spacial score (nSPS) is 11.4. The van der Waals surface area contributed by atoms with E-state index in [0.717, 1.165) is 13.0 Å². The summed E-state index contributed by atoms with van der Waals surface area (Å²) >= 11 is 0. The second-order valence-electron chi connectivity index (χ2n) is 5.25. The average molecular weight is 268 g/mol. The van der Waals surface area contributed by atoms with Crippen LogP contribution in [0.1, 0.15) is 20.3 Å². The molecule has 0 radical (unpaired) electrons. The number of carbonyl (C=O) groups excluding carboxylic acids is 2. The van der Waals surface area contributed by atoms with Gasteiger partial charge in [0.1, 0.15) is 0 Å². The standard InChI is InChI=1S/C14H25N3O2/c1-6-8-13(18)16-11-17(4,5)10-7-9-15-14(19)12(2)3/h6,8H,2,7,9-11H2,1,3-5H3,(H-,15,16,18,19)/p+1. The van der Waals surface area contributed by atoms with Gasteiger partial charge in [0.15, 0.2) is 6.67 Å². The molecule has 0 aliphatic rings. The van der Waals surface area contributed by atoms with Gasteiger partial charge in [-0.1, -0.05) is 12.7 Å². The zero-order valence-electron chi connectivity index (χ0n) is 12.5. The molecule has 0 spiro atoms. The molecule has 0 heterocycles. The number of hydrogen-bond donors (Lipinski definition) is 2. The lowest BCUT2D eigenvalue weighted by molar-refractivity contribution is -0.892. The van der Waals surface area contributed by atoms with Crippen molar-refractivity contribution < 1.29 is 14.1 Å². The van der Waals surface area contributed by atoms with Crippen molar-refractivity contribution >= 4 is 11.8 Å². The predicted octanol–water partition coefficient (Wildman–Crippen LogP) is 0.795. The van der Waals surface area contributed by atoms with E-state index in [9.17, 15) is 9.59 Å². The minimum Gasteiger partial charge on any atom is -0.352 e. The van der Waals surface area contributed by atoms with Crippen LogP contribution in [0.5, 0.6) is 0 Å². The number of nitrogens with one attached hydrogen (secondary N) is 2. The highest BCUT2D eigenvalue weighted by molar-refractivity contribution is 5.92. The lowest BCUT2D eigenvalue weighted by Gasteiger charge is -2.29. The van der Waals surface area contributed by atoms with Gasteiger partial charge >= 0.3 is 0 Å². The van der Waals surface area contributed by atoms with E-state index in [1.165, 1.54) is 6.08 Å². The van der Waals surface area contributed by atoms with Gasteiger partial charge in [-0.3, -0.25) is 9.59 Å². The maximum absolute atomic E-state index is 11.3. The topological polar surface area (TPSA) is 58.2 Å². The summed E-state index contributed by atoms with van der Waals surface area (Å²) < 4.78 is 0.673. The maximum atomic E-state index is 11.3. The molecule has 0 aromatic heterocycles. The van der Waals surface area contributed by atoms with Gasteiger partial charge in [0.25, 0.3) is 0 Å². The van der Waals surface area contributed by atoms with Crippen LogP contribution in [0.3, 0.4) is 0 Å². The van der Waals surface area contributed by atoms with E-state index in [2.05, 4.69) is 17.2 Å². The van der Waals surface area contributed by atoms with Crippen molar-refractivity contribution in [2.24, 2.45) is 0 Å². The minimum atomic E-state index is -0.105. The first-order chi connectivity index (χ1) is 8.78. The summed E-state index contributed by atoms with van der Waals surface area (Å²) in [5.41, 5.74) is 0.521. The van der Waals surface area contributed by atoms with Crippen LogP contribution in [0.15, 0.2) is 24.3 Å². The van der Waals surface area contributed by atoms with Crippen LogP contribution in [0, 0.1) is 0 Å². The Balaban J connectivity index is 3.87. The van der Waals surface area contributed by atoms with Crippen molar-refractivity contribution in [1.29, 1.82) is 0 Å². The largest absolute Gasteiger partial charge is 0.352 e. The van der Waals surface area contributed by atoms with Gasteiger partial charge < -0.3 is 15.1 Å². The van der Waals surface area contributed by atoms with Gasteiger partial charge in [-0.2, -0.15) is 0 Å². The summed E-state index contributed by atoms with van der Waals surface area (Å²) in [6.07, 6.45) is 4.07. The fraction of sp³-hybridized carbons (Fsp3) is 0.571. The van der Waals surface area contributed by atoms with Crippen LogP contribution in [-0.4, -0.2) is 50.2 Å². The Kier molecular flexibility index (Phi) is 7.75. The Morgan fingerprint density at radius 1 is 1.26 bits per heavy atom. The van der Waals surface area contributed by atoms with E-state index < -0.39 is 0 Å². The molecule has 108 valence electrons. The van der Waals surface area contributed by atoms with E-state index in [4.69, 9.17) is 0 Å². The number of allylic oxidation sites excluding steroid dienone is 1. The van der Waals surface area contributed by atoms with Gasteiger partial charge in [0.2, 0.25) is 11.8 Å². The van der Waals surface area contributed by atoms with E-state index in [-0.39, 0.29) is 11.8 Å². The molecular weight excluding hydrogens is 242 g/mol. The average Bonchev–Trinajstić information content (AvgIpc) is 2.32. The molecule has 2 N–H and O–H groups in total. The Bertz CT molecular complexity index is 360. The highest BCUT2D eigenvalue weighted by atomic mass is 16.2. The monoisotopic (exact) mass is 268 g/mol. The lowest BCUT2D eigenvalue weighted by atomic mass is 10.3. The van der Waals surface area contributed by atoms with Gasteiger partial charge in [0.05, 0.1) is 20.6 Å². The van der Waals surface area contributed by atoms with Gasteiger partial charge in [0, 0.05) is 18.5 Å². The van der Waals surface area contributed by atoms with Crippen molar-refractivity contribution in [1.82, 2.24) is 10.6 Å². The Morgan fingerprint density at radius 3 is 2.42 bits per heavy atom. The maximum Gasteiger partial charge on any atom is 0.247 e. The zero-order valence-corrected chi connectivity index (χ0v) is 12.5. The van der Waals surface area contributed by atoms with Crippen LogP contribution in [-0.2, 0) is 9.59 Å². The molecular formula is C14H26N3O2+. The first kappa shape index (κ1) is 17.4. The molecule has 0 aromatic rings. The lowest BCUT2D eigenvalue weighted by Crippen LogP contribution is -2.49. The predicted molar refractivity (Wildman–Crippen MR) is 77.2 cm³/mol. The summed E-state index contributed by atoms with van der Waals surface area (Å²) in [4.78, 5) is 22.6. The fourth-order valence-electron chi connectivity index (χ4n) is 1.44. The van der Waals surface area contributed by atoms with Crippen LogP contribution in [0.4, 0.5) is 0 Å². The van der Waals surface area contributed by atoms with Crippen molar-refractivity contribution in [2.45, 2.75) is 20.3 Å². The summed E-state index contributed by atoms with van der Waals surface area (Å²) in [5, 5.41) is 5.63. The number of amides is 2. The first-order valence-electron chi connectivity index (χ1n) is 6.45. The summed E-state index contributed by atoms with van der Waals surface area (Å²) in [6, 6.07) is 0. The molecule has 2 amide bonds. The SMILES string of the molecule is C=C(C)C(=O)NCCC[N+](C)(C)CNC(=O)C=CC. The van der Waals surface area contributed by atoms with E-state index in [0.29, 0.717) is 23.3 Å². The Labute approximate surface area is 115 Å². The number of quaternary nitrogens is 1. The van der Waals surface area contributed by atoms with Gasteiger partial charge in [-0.05, 0) is 19.9 Å². The number of hydrogen-bond acceptors (Lipinski definition) is 2. The van der Waals surface area contributed by atoms with Crippen molar-refractivity contribution in [3.63, 3.8) is 0 Å². The van der Waals surface area contributed by atoms with Crippen molar-refractivity contribution in [2.75, 3.05) is 33.9 Å². The minimum absolute atomic E-state index is 0.0794. The van der Waals surface area contributed by atoms with E-state index in [1.807, 2.05) is 21.0 Å². The van der Waals surface area contributed by atoms with Gasteiger partial charge in [-0.25, -0.2) is 0 Å². The summed E-state index contributed by atoms with van der Waals surface area (Å²) in [5.74, 6) is -0.184. The first-order valence-corrected chi connectivity index (χ1v) is 6.45. The smallest absolute Gasteiger partial charge is 0.247 e. The molecule has 0 rings (SSSR count). The van der Waals surface area contributed by atoms with Crippen LogP contribution < -0.4 is 10.6 Å². The zero-order chi connectivity index (χ0) is 14.9. The molecule has 0 saturated carbocycles. The molecule has 5 nitrogen and oxygen atoms in total. The Hall–Kier alpha value is -1.62. The van der Waals surface area contributed by atoms with E-state index in [1.54, 1.807) is 13.0 Å². The molecule has 0 unspecified atom stereocenters. The van der Waals surface area contributed by atoms with E-state index >= 15 is 0 Å². The third kappa shape index (κ3) is 9.02. The van der Waals surface area contributed by atoms with Crippen molar-refractivity contribution in [3.8, 4) is 0 Å². The second-order valence-corrected chi connectivity index (χ2v) is 5.25. The quantitative estimate of drug-likeness (QED) is 0.296. The third-order valence-electron chi connectivity index (χ3n) is 2.61. The molecule has 0 atom stereocenters. The third-order valence-corrected chi connectivity index (χ3v) is 2.61. The molecule has 0 aliphatic carbocycles.